The van der Waals surface area contributed by atoms with Gasteiger partial charge in [-0.25, -0.2) is 0 Å². The highest BCUT2D eigenvalue weighted by Gasteiger charge is 2.30. The van der Waals surface area contributed by atoms with Crippen LogP contribution in [0.15, 0.2) is 27.2 Å². The molecule has 0 radical (unpaired) electrons. The first-order valence-corrected chi connectivity index (χ1v) is 8.28. The van der Waals surface area contributed by atoms with Crippen molar-refractivity contribution in [2.45, 2.75) is 11.9 Å². The van der Waals surface area contributed by atoms with Crippen LogP contribution in [0.2, 0.25) is 0 Å². The van der Waals surface area contributed by atoms with Crippen LogP contribution >= 0.6 is 24.0 Å². The van der Waals surface area contributed by atoms with Crippen LogP contribution in [0.3, 0.4) is 0 Å². The normalized spacial score (nSPS) is 21.7. The molecular formula is C13H16N3O4S2+. The number of nitrogens with one attached hydrogen (secondary N) is 1. The Kier molecular flexibility index (Phi) is 4.65. The molecule has 2 aromatic heterocycles. The average Bonchev–Trinajstić information content (AvgIpc) is 3.17. The highest BCUT2D eigenvalue weighted by Crippen LogP contribution is 2.17. The number of rotatable bonds is 4. The number of furan rings is 1. The van der Waals surface area contributed by atoms with Gasteiger partial charge in [-0.1, -0.05) is 0 Å². The molecule has 2 atom stereocenters. The van der Waals surface area contributed by atoms with Crippen LogP contribution in [0.1, 0.15) is 0 Å². The van der Waals surface area contributed by atoms with Gasteiger partial charge in [0, 0.05) is 5.75 Å². The summed E-state index contributed by atoms with van der Waals surface area (Å²) in [5.74, 6) is 1.62. The van der Waals surface area contributed by atoms with Crippen molar-refractivity contribution in [3.05, 3.63) is 23.2 Å². The van der Waals surface area contributed by atoms with Gasteiger partial charge in [0.25, 0.3) is 10.7 Å². The summed E-state index contributed by atoms with van der Waals surface area (Å²) >= 11 is 6.83. The van der Waals surface area contributed by atoms with Gasteiger partial charge >= 0.3 is 5.97 Å². The summed E-state index contributed by atoms with van der Waals surface area (Å²) in [6.07, 6.45) is 1.56. The van der Waals surface area contributed by atoms with Gasteiger partial charge in [-0.05, 0) is 24.4 Å². The minimum atomic E-state index is -0.178. The van der Waals surface area contributed by atoms with Gasteiger partial charge in [-0.3, -0.25) is 4.79 Å². The van der Waals surface area contributed by atoms with E-state index in [1.165, 1.54) is 12.0 Å². The highest BCUT2D eigenvalue weighted by atomic mass is 32.2. The maximum absolute atomic E-state index is 11.7. The van der Waals surface area contributed by atoms with Crippen molar-refractivity contribution in [3.63, 3.8) is 0 Å². The molecule has 0 spiro atoms. The molecule has 1 N–H and O–H groups in total. The molecule has 3 rings (SSSR count). The van der Waals surface area contributed by atoms with Crippen LogP contribution in [-0.2, 0) is 16.2 Å². The Hall–Kier alpha value is -1.58. The fourth-order valence-electron chi connectivity index (χ4n) is 2.31. The maximum Gasteiger partial charge on any atom is 0.324 e. The van der Waals surface area contributed by atoms with Crippen molar-refractivity contribution in [1.29, 1.82) is 0 Å². The van der Waals surface area contributed by atoms with Crippen molar-refractivity contribution < 1.29 is 23.3 Å². The number of quaternary nitrogens is 1. The molecule has 7 nitrogen and oxygen atoms in total. The number of carbonyl (C=O) groups excluding carboxylic acids is 1. The third kappa shape index (κ3) is 3.26. The van der Waals surface area contributed by atoms with Crippen LogP contribution in [0.5, 0.6) is 0 Å². The van der Waals surface area contributed by atoms with Gasteiger partial charge in [0.1, 0.15) is 6.54 Å². The van der Waals surface area contributed by atoms with Crippen molar-refractivity contribution in [1.82, 2.24) is 9.78 Å². The minimum absolute atomic E-state index is 0.139. The molecule has 0 aromatic carbocycles. The lowest BCUT2D eigenvalue weighted by molar-refractivity contribution is -0.921. The van der Waals surface area contributed by atoms with Crippen LogP contribution in [0, 0.1) is 4.84 Å². The van der Waals surface area contributed by atoms with E-state index in [2.05, 4.69) is 5.10 Å². The molecule has 118 valence electrons. The summed E-state index contributed by atoms with van der Waals surface area (Å²) in [5, 5.41) is 4.21. The number of hydrogen-bond acceptors (Lipinski definition) is 7. The molecular weight excluding hydrogens is 326 g/mol. The fourth-order valence-corrected chi connectivity index (χ4v) is 3.77. The van der Waals surface area contributed by atoms with Crippen LogP contribution in [0.25, 0.3) is 11.7 Å². The Morgan fingerprint density at radius 3 is 3.27 bits per heavy atom. The minimum Gasteiger partial charge on any atom is -0.468 e. The largest absolute Gasteiger partial charge is 0.468 e. The Morgan fingerprint density at radius 1 is 1.68 bits per heavy atom. The summed E-state index contributed by atoms with van der Waals surface area (Å²) < 4.78 is 17.2. The lowest BCUT2D eigenvalue weighted by atomic mass is 10.3. The van der Waals surface area contributed by atoms with E-state index < -0.39 is 0 Å². The van der Waals surface area contributed by atoms with E-state index in [9.17, 15) is 4.79 Å². The molecule has 1 aliphatic rings. The number of thioether (sulfide) groups is 1. The lowest BCUT2D eigenvalue weighted by Crippen LogP contribution is -3.14. The SMILES string of the molecule is COC(=O)[C@H]1C[NH+](Cn2nc(-c3ccco3)oc2=S)CCS1. The molecule has 22 heavy (non-hydrogen) atoms. The second-order valence-corrected chi connectivity index (χ2v) is 6.55. The predicted molar refractivity (Wildman–Crippen MR) is 82.0 cm³/mol. The zero-order valence-electron chi connectivity index (χ0n) is 12.0. The first-order valence-electron chi connectivity index (χ1n) is 6.82. The standard InChI is InChI=1S/C13H15N3O4S2/c1-18-12(17)10-7-15(4-6-22-10)8-16-13(21)20-11(14-16)9-3-2-5-19-9/h2-3,5,10H,4,6-8H2,1H3/p+1/t10-/m1/s1. The zero-order chi connectivity index (χ0) is 15.5. The van der Waals surface area contributed by atoms with Gasteiger partial charge in [0.15, 0.2) is 17.7 Å². The van der Waals surface area contributed by atoms with E-state index in [1.807, 2.05) is 0 Å². The van der Waals surface area contributed by atoms with Gasteiger partial charge in [-0.2, -0.15) is 4.68 Å². The van der Waals surface area contributed by atoms with E-state index in [4.69, 9.17) is 25.8 Å². The number of ether oxygens (including phenoxy) is 1. The number of methoxy groups -OCH3 is 1. The molecule has 3 heterocycles. The average molecular weight is 342 g/mol. The van der Waals surface area contributed by atoms with Gasteiger partial charge in [0.2, 0.25) is 0 Å². The lowest BCUT2D eigenvalue weighted by Gasteiger charge is -2.27. The molecule has 0 saturated carbocycles. The smallest absolute Gasteiger partial charge is 0.324 e. The van der Waals surface area contributed by atoms with E-state index >= 15 is 0 Å². The van der Waals surface area contributed by atoms with Crippen LogP contribution in [0.4, 0.5) is 0 Å². The van der Waals surface area contributed by atoms with Gasteiger partial charge in [0.05, 0.1) is 19.9 Å². The third-order valence-electron chi connectivity index (χ3n) is 3.42. The number of esters is 1. The van der Waals surface area contributed by atoms with Gasteiger partial charge in [-0.15, -0.1) is 16.9 Å². The van der Waals surface area contributed by atoms with E-state index in [0.29, 0.717) is 29.7 Å². The first kappa shape index (κ1) is 15.3. The molecule has 1 aliphatic heterocycles. The van der Waals surface area contributed by atoms with Crippen molar-refractivity contribution in [2.24, 2.45) is 0 Å². The van der Waals surface area contributed by atoms with Crippen LogP contribution < -0.4 is 4.90 Å². The van der Waals surface area contributed by atoms with Crippen molar-refractivity contribution in [2.75, 3.05) is 26.0 Å². The molecule has 0 aliphatic carbocycles. The topological polar surface area (TPSA) is 74.8 Å². The molecule has 9 heteroatoms. The van der Waals surface area contributed by atoms with Crippen LogP contribution in [-0.4, -0.2) is 47.0 Å². The summed E-state index contributed by atoms with van der Waals surface area (Å²) in [6, 6.07) is 3.53. The Morgan fingerprint density at radius 2 is 2.55 bits per heavy atom. The van der Waals surface area contributed by atoms with Gasteiger partial charge < -0.3 is 18.5 Å². The third-order valence-corrected chi connectivity index (χ3v) is 4.92. The second-order valence-electron chi connectivity index (χ2n) is 4.89. The monoisotopic (exact) mass is 342 g/mol. The molecule has 2 aromatic rings. The first-order chi connectivity index (χ1) is 10.7. The molecule has 0 amide bonds. The van der Waals surface area contributed by atoms with E-state index in [-0.39, 0.29) is 11.2 Å². The summed E-state index contributed by atoms with van der Waals surface area (Å²) in [6.45, 7) is 2.17. The Labute approximate surface area is 136 Å². The number of aromatic nitrogens is 2. The molecule has 0 bridgehead atoms. The zero-order valence-corrected chi connectivity index (χ0v) is 13.6. The summed E-state index contributed by atoms with van der Waals surface area (Å²) in [5.41, 5.74) is 0. The predicted octanol–water partition coefficient (Wildman–Crippen LogP) is 0.596. The molecule has 1 fully saturated rings. The number of nitrogens with zero attached hydrogens (tertiary/aromatic N) is 2. The van der Waals surface area contributed by atoms with E-state index in [0.717, 1.165) is 12.3 Å². The maximum atomic E-state index is 11.7. The fraction of sp³-hybridized carbons (Fsp3) is 0.462. The summed E-state index contributed by atoms with van der Waals surface area (Å²) in [4.78, 5) is 13.2. The second kappa shape index (κ2) is 6.67. The molecule has 1 saturated heterocycles. The van der Waals surface area contributed by atoms with Crippen molar-refractivity contribution in [3.8, 4) is 11.7 Å². The molecule has 1 unspecified atom stereocenters. The highest BCUT2D eigenvalue weighted by molar-refractivity contribution is 8.00. The van der Waals surface area contributed by atoms with Crippen molar-refractivity contribution >= 4 is 29.9 Å². The Bertz CT molecular complexity index is 694. The Balaban J connectivity index is 1.71. The van der Waals surface area contributed by atoms with E-state index in [1.54, 1.807) is 34.8 Å². The summed E-state index contributed by atoms with van der Waals surface area (Å²) in [7, 11) is 1.42. The number of hydrogen-bond donors (Lipinski definition) is 1. The quantitative estimate of drug-likeness (QED) is 0.644. The number of carbonyl (C=O) groups is 1.